The zero-order valence-electron chi connectivity index (χ0n) is 6.53. The maximum atomic E-state index is 3.57. The Hall–Kier alpha value is 0.230. The zero-order valence-corrected chi connectivity index (χ0v) is 10.3. The summed E-state index contributed by atoms with van der Waals surface area (Å²) < 4.78 is 2.51. The molecule has 0 amide bonds. The average Bonchev–Trinajstić information content (AvgIpc) is 2.04. The topological polar surface area (TPSA) is 12.0 Å². The molecule has 0 atom stereocenters. The van der Waals surface area contributed by atoms with Gasteiger partial charge in [-0.25, -0.2) is 0 Å². The summed E-state index contributed by atoms with van der Waals surface area (Å²) in [7, 11) is 0. The van der Waals surface area contributed by atoms with Gasteiger partial charge in [-0.1, -0.05) is 0 Å². The van der Waals surface area contributed by atoms with Crippen LogP contribution in [-0.4, -0.2) is 6.54 Å². The van der Waals surface area contributed by atoms with E-state index in [9.17, 15) is 0 Å². The molecule has 0 spiro atoms. The predicted octanol–water partition coefficient (Wildman–Crippen LogP) is 3.41. The Balaban J connectivity index is 2.53. The second-order valence-electron chi connectivity index (χ2n) is 2.95. The van der Waals surface area contributed by atoms with Crippen molar-refractivity contribution in [1.82, 2.24) is 0 Å². The van der Waals surface area contributed by atoms with E-state index in [-0.39, 0.29) is 0 Å². The molecule has 1 N–H and O–H groups in total. The van der Waals surface area contributed by atoms with Crippen molar-refractivity contribution < 1.29 is 0 Å². The van der Waals surface area contributed by atoms with E-state index in [1.165, 1.54) is 32.1 Å². The molecule has 0 bridgehead atoms. The largest absolute Gasteiger partial charge is 0.384 e. The third-order valence-corrected chi connectivity index (χ3v) is 3.31. The third-order valence-electron chi connectivity index (χ3n) is 2.06. The van der Waals surface area contributed by atoms with Crippen molar-refractivity contribution in [3.63, 3.8) is 0 Å². The van der Waals surface area contributed by atoms with Crippen LogP contribution in [-0.2, 0) is 6.42 Å². The number of benzene rings is 1. The van der Waals surface area contributed by atoms with Gasteiger partial charge in [0.2, 0.25) is 0 Å². The van der Waals surface area contributed by atoms with Gasteiger partial charge in [-0.3, -0.25) is 0 Å². The molecule has 2 rings (SSSR count). The summed E-state index contributed by atoms with van der Waals surface area (Å²) in [5.74, 6) is 0. The van der Waals surface area contributed by atoms with E-state index in [2.05, 4.69) is 56.0 Å². The summed E-state index contributed by atoms with van der Waals surface area (Å²) in [4.78, 5) is 0. The molecular formula is C9H9BrIN. The number of fused-ring (bicyclic) bond motifs is 1. The van der Waals surface area contributed by atoms with E-state index in [1.807, 2.05) is 0 Å². The van der Waals surface area contributed by atoms with Crippen LogP contribution in [0.2, 0.25) is 0 Å². The quantitative estimate of drug-likeness (QED) is 0.715. The van der Waals surface area contributed by atoms with Crippen molar-refractivity contribution in [3.8, 4) is 0 Å². The molecule has 0 aromatic heterocycles. The molecule has 0 saturated carbocycles. The normalized spacial score (nSPS) is 15.2. The van der Waals surface area contributed by atoms with Crippen LogP contribution >= 0.6 is 38.5 Å². The summed E-state index contributed by atoms with van der Waals surface area (Å²) in [5.41, 5.74) is 2.74. The number of rotatable bonds is 0. The van der Waals surface area contributed by atoms with Gasteiger partial charge in [0, 0.05) is 14.6 Å². The number of hydrogen-bond acceptors (Lipinski definition) is 1. The van der Waals surface area contributed by atoms with E-state index in [4.69, 9.17) is 0 Å². The Labute approximate surface area is 94.2 Å². The Morgan fingerprint density at radius 3 is 3.08 bits per heavy atom. The molecule has 1 aliphatic rings. The van der Waals surface area contributed by atoms with Gasteiger partial charge in [0.05, 0.1) is 5.69 Å². The van der Waals surface area contributed by atoms with Gasteiger partial charge in [-0.2, -0.15) is 0 Å². The van der Waals surface area contributed by atoms with Crippen molar-refractivity contribution in [2.75, 3.05) is 11.9 Å². The van der Waals surface area contributed by atoms with Gasteiger partial charge in [-0.05, 0) is 69.1 Å². The van der Waals surface area contributed by atoms with Gasteiger partial charge in [-0.15, -0.1) is 0 Å². The predicted molar refractivity (Wildman–Crippen MR) is 63.7 cm³/mol. The first-order valence-electron chi connectivity index (χ1n) is 3.99. The van der Waals surface area contributed by atoms with Crippen LogP contribution in [0.4, 0.5) is 5.69 Å². The fourth-order valence-corrected chi connectivity index (χ4v) is 3.27. The van der Waals surface area contributed by atoms with Crippen molar-refractivity contribution in [1.29, 1.82) is 0 Å². The lowest BCUT2D eigenvalue weighted by Crippen LogP contribution is -2.12. The maximum Gasteiger partial charge on any atom is 0.0517 e. The molecule has 0 radical (unpaired) electrons. The second kappa shape index (κ2) is 3.54. The Bertz CT molecular complexity index is 312. The Morgan fingerprint density at radius 1 is 1.42 bits per heavy atom. The van der Waals surface area contributed by atoms with Crippen LogP contribution in [0.25, 0.3) is 0 Å². The summed E-state index contributed by atoms with van der Waals surface area (Å²) in [6.45, 7) is 1.10. The molecule has 0 saturated heterocycles. The van der Waals surface area contributed by atoms with Gasteiger partial charge in [0.15, 0.2) is 0 Å². The Morgan fingerprint density at radius 2 is 2.25 bits per heavy atom. The summed E-state index contributed by atoms with van der Waals surface area (Å²) in [6, 6.07) is 4.41. The molecule has 1 nitrogen and oxygen atoms in total. The van der Waals surface area contributed by atoms with E-state index < -0.39 is 0 Å². The Kier molecular flexibility index (Phi) is 2.60. The maximum absolute atomic E-state index is 3.57. The monoisotopic (exact) mass is 337 g/mol. The lowest BCUT2D eigenvalue weighted by molar-refractivity contribution is 0.828. The first-order valence-corrected chi connectivity index (χ1v) is 5.86. The molecule has 0 aliphatic carbocycles. The van der Waals surface area contributed by atoms with Crippen LogP contribution in [0.3, 0.4) is 0 Å². The van der Waals surface area contributed by atoms with E-state index in [0.717, 1.165) is 6.54 Å². The van der Waals surface area contributed by atoms with Crippen molar-refractivity contribution >= 4 is 44.2 Å². The fraction of sp³-hybridized carbons (Fsp3) is 0.333. The van der Waals surface area contributed by atoms with Crippen molar-refractivity contribution in [3.05, 3.63) is 25.7 Å². The molecule has 0 unspecified atom stereocenters. The second-order valence-corrected chi connectivity index (χ2v) is 5.05. The minimum Gasteiger partial charge on any atom is -0.384 e. The SMILES string of the molecule is Brc1cc(I)cc2c1NCCC2. The number of anilines is 1. The highest BCUT2D eigenvalue weighted by Crippen LogP contribution is 2.32. The molecule has 1 heterocycles. The van der Waals surface area contributed by atoms with E-state index in [1.54, 1.807) is 0 Å². The highest BCUT2D eigenvalue weighted by Gasteiger charge is 2.11. The summed E-state index contributed by atoms with van der Waals surface area (Å²) in [5, 5.41) is 3.41. The standard InChI is InChI=1S/C9H9BrIN/c10-8-5-7(11)4-6-2-1-3-12-9(6)8/h4-5,12H,1-3H2. The minimum absolute atomic E-state index is 1.10. The van der Waals surface area contributed by atoms with Gasteiger partial charge < -0.3 is 5.32 Å². The zero-order chi connectivity index (χ0) is 8.55. The van der Waals surface area contributed by atoms with Crippen LogP contribution in [0.15, 0.2) is 16.6 Å². The van der Waals surface area contributed by atoms with Gasteiger partial charge in [0.1, 0.15) is 0 Å². The number of nitrogens with one attached hydrogen (secondary N) is 1. The van der Waals surface area contributed by atoms with Gasteiger partial charge in [0.25, 0.3) is 0 Å². The molecule has 1 aliphatic heterocycles. The lowest BCUT2D eigenvalue weighted by Gasteiger charge is -2.19. The van der Waals surface area contributed by atoms with Crippen molar-refractivity contribution in [2.45, 2.75) is 12.8 Å². The molecule has 0 fully saturated rings. The molecular weight excluding hydrogens is 329 g/mol. The molecule has 12 heavy (non-hydrogen) atoms. The fourth-order valence-electron chi connectivity index (χ4n) is 1.51. The molecule has 3 heteroatoms. The first-order chi connectivity index (χ1) is 5.77. The third kappa shape index (κ3) is 1.62. The smallest absolute Gasteiger partial charge is 0.0517 e. The van der Waals surface area contributed by atoms with Gasteiger partial charge >= 0.3 is 0 Å². The van der Waals surface area contributed by atoms with Crippen LogP contribution < -0.4 is 5.32 Å². The summed E-state index contributed by atoms with van der Waals surface area (Å²) >= 11 is 5.92. The van der Waals surface area contributed by atoms with Crippen molar-refractivity contribution in [2.24, 2.45) is 0 Å². The number of halogens is 2. The minimum atomic E-state index is 1.10. The molecule has 1 aromatic carbocycles. The lowest BCUT2D eigenvalue weighted by atomic mass is 10.0. The van der Waals surface area contributed by atoms with E-state index >= 15 is 0 Å². The van der Waals surface area contributed by atoms with Crippen LogP contribution in [0, 0.1) is 3.57 Å². The molecule has 1 aromatic rings. The van der Waals surface area contributed by atoms with E-state index in [0.29, 0.717) is 0 Å². The number of hydrogen-bond donors (Lipinski definition) is 1. The highest BCUT2D eigenvalue weighted by atomic mass is 127. The first kappa shape index (κ1) is 8.81. The van der Waals surface area contributed by atoms with Crippen LogP contribution in [0.1, 0.15) is 12.0 Å². The van der Waals surface area contributed by atoms with Crippen LogP contribution in [0.5, 0.6) is 0 Å². The summed E-state index contributed by atoms with van der Waals surface area (Å²) in [6.07, 6.45) is 2.46. The number of aryl methyl sites for hydroxylation is 1. The highest BCUT2D eigenvalue weighted by molar-refractivity contribution is 14.1. The average molecular weight is 338 g/mol. The molecule has 64 valence electrons.